The van der Waals surface area contributed by atoms with Crippen LogP contribution in [0.3, 0.4) is 0 Å². The highest BCUT2D eigenvalue weighted by atomic mass is 79.9. The minimum absolute atomic E-state index is 0.549. The van der Waals surface area contributed by atoms with Gasteiger partial charge in [0.05, 0.1) is 5.69 Å². The molecule has 0 atom stereocenters. The molecule has 0 aromatic carbocycles. The van der Waals surface area contributed by atoms with E-state index >= 15 is 0 Å². The lowest BCUT2D eigenvalue weighted by Gasteiger charge is -1.95. The van der Waals surface area contributed by atoms with E-state index in [2.05, 4.69) is 31.2 Å². The summed E-state index contributed by atoms with van der Waals surface area (Å²) < 4.78 is 7.51. The van der Waals surface area contributed by atoms with Gasteiger partial charge in [0.2, 0.25) is 0 Å². The van der Waals surface area contributed by atoms with Gasteiger partial charge in [-0.15, -0.1) is 0 Å². The van der Waals surface area contributed by atoms with Gasteiger partial charge in [0, 0.05) is 6.07 Å². The highest BCUT2D eigenvalue weighted by molar-refractivity contribution is 9.10. The van der Waals surface area contributed by atoms with E-state index in [0.717, 1.165) is 17.9 Å². The maximum atomic E-state index is 5.12. The Kier molecular flexibility index (Phi) is 2.62. The number of hydrogen-bond donors (Lipinski definition) is 0. The van der Waals surface area contributed by atoms with E-state index in [1.165, 1.54) is 6.33 Å². The van der Waals surface area contributed by atoms with Crippen LogP contribution < -0.4 is 0 Å². The van der Waals surface area contributed by atoms with Crippen molar-refractivity contribution >= 4 is 15.9 Å². The molecule has 2 aromatic rings. The Morgan fingerprint density at radius 3 is 3.00 bits per heavy atom. The molecule has 74 valence electrons. The van der Waals surface area contributed by atoms with Crippen LogP contribution in [0.15, 0.2) is 21.7 Å². The lowest BCUT2D eigenvalue weighted by molar-refractivity contribution is 0.365. The highest BCUT2D eigenvalue weighted by Gasteiger charge is 2.06. The van der Waals surface area contributed by atoms with E-state index in [9.17, 15) is 0 Å². The smallest absolute Gasteiger partial charge is 0.195 e. The molecular formula is C8H9BrN4O. The van der Waals surface area contributed by atoms with E-state index in [4.69, 9.17) is 4.52 Å². The zero-order chi connectivity index (χ0) is 9.97. The van der Waals surface area contributed by atoms with Crippen molar-refractivity contribution in [1.29, 1.82) is 0 Å². The molecule has 0 bridgehead atoms. The second-order valence-electron chi connectivity index (χ2n) is 2.82. The van der Waals surface area contributed by atoms with Crippen LogP contribution in [0.2, 0.25) is 0 Å². The summed E-state index contributed by atoms with van der Waals surface area (Å²) in [6.07, 6.45) is 2.36. The molecule has 0 saturated heterocycles. The fourth-order valence-corrected chi connectivity index (χ4v) is 1.41. The van der Waals surface area contributed by atoms with Crippen LogP contribution in [0.1, 0.15) is 18.4 Å². The topological polar surface area (TPSA) is 56.7 Å². The molecule has 0 aliphatic rings. The van der Waals surface area contributed by atoms with Crippen LogP contribution >= 0.6 is 15.9 Å². The standard InChI is InChI=1S/C8H9BrN4O/c1-2-6-3-7(14-12-6)4-13-8(9)10-5-11-13/h3,5H,2,4H2,1H3. The van der Waals surface area contributed by atoms with Crippen molar-refractivity contribution in [3.8, 4) is 0 Å². The monoisotopic (exact) mass is 256 g/mol. The minimum Gasteiger partial charge on any atom is -0.359 e. The summed E-state index contributed by atoms with van der Waals surface area (Å²) in [7, 11) is 0. The van der Waals surface area contributed by atoms with Crippen molar-refractivity contribution in [2.75, 3.05) is 0 Å². The van der Waals surface area contributed by atoms with Crippen molar-refractivity contribution in [3.63, 3.8) is 0 Å². The maximum Gasteiger partial charge on any atom is 0.195 e. The number of hydrogen-bond acceptors (Lipinski definition) is 4. The average Bonchev–Trinajstić information content (AvgIpc) is 2.77. The van der Waals surface area contributed by atoms with Crippen LogP contribution in [0.4, 0.5) is 0 Å². The second-order valence-corrected chi connectivity index (χ2v) is 3.53. The fourth-order valence-electron chi connectivity index (χ4n) is 1.10. The Labute approximate surface area is 89.2 Å². The van der Waals surface area contributed by atoms with Crippen molar-refractivity contribution < 1.29 is 4.52 Å². The Hall–Kier alpha value is -1.17. The molecule has 6 heteroatoms. The summed E-state index contributed by atoms with van der Waals surface area (Å²) in [5.41, 5.74) is 0.955. The van der Waals surface area contributed by atoms with Gasteiger partial charge in [-0.2, -0.15) is 5.10 Å². The molecule has 5 nitrogen and oxygen atoms in total. The Balaban J connectivity index is 2.15. The fraction of sp³-hybridized carbons (Fsp3) is 0.375. The van der Waals surface area contributed by atoms with Gasteiger partial charge in [-0.1, -0.05) is 12.1 Å². The van der Waals surface area contributed by atoms with Crippen LogP contribution in [-0.4, -0.2) is 19.9 Å². The third-order valence-electron chi connectivity index (χ3n) is 1.84. The Morgan fingerprint density at radius 1 is 1.57 bits per heavy atom. The molecule has 2 rings (SSSR count). The van der Waals surface area contributed by atoms with Crippen LogP contribution in [0.5, 0.6) is 0 Å². The van der Waals surface area contributed by atoms with Gasteiger partial charge in [0.15, 0.2) is 10.5 Å². The van der Waals surface area contributed by atoms with Crippen molar-refractivity contribution in [1.82, 2.24) is 19.9 Å². The first-order chi connectivity index (χ1) is 6.79. The van der Waals surface area contributed by atoms with Gasteiger partial charge in [0.25, 0.3) is 0 Å². The van der Waals surface area contributed by atoms with E-state index < -0.39 is 0 Å². The zero-order valence-electron chi connectivity index (χ0n) is 7.64. The zero-order valence-corrected chi connectivity index (χ0v) is 9.23. The number of aromatic nitrogens is 4. The summed E-state index contributed by atoms with van der Waals surface area (Å²) in [6.45, 7) is 2.58. The summed E-state index contributed by atoms with van der Waals surface area (Å²) >= 11 is 3.27. The van der Waals surface area contributed by atoms with E-state index in [-0.39, 0.29) is 0 Å². The van der Waals surface area contributed by atoms with E-state index in [1.54, 1.807) is 4.68 Å². The molecule has 14 heavy (non-hydrogen) atoms. The van der Waals surface area contributed by atoms with Crippen LogP contribution in [0.25, 0.3) is 0 Å². The predicted octanol–water partition coefficient (Wildman–Crippen LogP) is 1.64. The molecule has 0 N–H and O–H groups in total. The lowest BCUT2D eigenvalue weighted by atomic mass is 10.3. The van der Waals surface area contributed by atoms with Crippen molar-refractivity contribution in [3.05, 3.63) is 28.6 Å². The second kappa shape index (κ2) is 3.91. The molecule has 0 fully saturated rings. The average molecular weight is 257 g/mol. The minimum atomic E-state index is 0.549. The summed E-state index contributed by atoms with van der Waals surface area (Å²) in [4.78, 5) is 3.95. The number of aryl methyl sites for hydroxylation is 1. The van der Waals surface area contributed by atoms with Crippen molar-refractivity contribution in [2.45, 2.75) is 19.9 Å². The van der Waals surface area contributed by atoms with Gasteiger partial charge < -0.3 is 4.52 Å². The first kappa shape index (κ1) is 9.39. The van der Waals surface area contributed by atoms with Gasteiger partial charge in [-0.05, 0) is 22.4 Å². The number of rotatable bonds is 3. The molecule has 0 spiro atoms. The third kappa shape index (κ3) is 1.84. The Bertz CT molecular complexity index is 422. The summed E-state index contributed by atoms with van der Waals surface area (Å²) in [5, 5.41) is 7.91. The Morgan fingerprint density at radius 2 is 2.43 bits per heavy atom. The molecule has 2 aromatic heterocycles. The molecule has 0 unspecified atom stereocenters. The van der Waals surface area contributed by atoms with Gasteiger partial charge in [0.1, 0.15) is 12.9 Å². The molecule has 2 heterocycles. The predicted molar refractivity (Wildman–Crippen MR) is 52.7 cm³/mol. The molecule has 0 aliphatic heterocycles. The maximum absolute atomic E-state index is 5.12. The third-order valence-corrected chi connectivity index (χ3v) is 2.46. The lowest BCUT2D eigenvalue weighted by Crippen LogP contribution is -2.00. The molecule has 0 saturated carbocycles. The molecular weight excluding hydrogens is 248 g/mol. The first-order valence-corrected chi connectivity index (χ1v) is 5.06. The van der Waals surface area contributed by atoms with Gasteiger partial charge in [-0.25, -0.2) is 9.67 Å². The van der Waals surface area contributed by atoms with Crippen molar-refractivity contribution in [2.24, 2.45) is 0 Å². The van der Waals surface area contributed by atoms with Gasteiger partial charge in [-0.3, -0.25) is 0 Å². The van der Waals surface area contributed by atoms with E-state index in [0.29, 0.717) is 11.3 Å². The summed E-state index contributed by atoms with van der Waals surface area (Å²) in [5.74, 6) is 0.785. The molecule has 0 amide bonds. The van der Waals surface area contributed by atoms with Gasteiger partial charge >= 0.3 is 0 Å². The molecule has 0 aliphatic carbocycles. The van der Waals surface area contributed by atoms with E-state index in [1.807, 2.05) is 13.0 Å². The first-order valence-electron chi connectivity index (χ1n) is 4.27. The number of halogens is 1. The van der Waals surface area contributed by atoms with Crippen LogP contribution in [-0.2, 0) is 13.0 Å². The SMILES string of the molecule is CCc1cc(Cn2ncnc2Br)on1. The highest BCUT2D eigenvalue weighted by Crippen LogP contribution is 2.09. The normalized spacial score (nSPS) is 10.7. The number of nitrogens with zero attached hydrogens (tertiary/aromatic N) is 4. The molecule has 0 radical (unpaired) electrons. The quantitative estimate of drug-likeness (QED) is 0.838. The van der Waals surface area contributed by atoms with Crippen LogP contribution in [0, 0.1) is 0 Å². The summed E-state index contributed by atoms with van der Waals surface area (Å²) in [6, 6.07) is 1.92. The largest absolute Gasteiger partial charge is 0.359 e.